The molecule has 6 nitrogen and oxygen atoms in total. The third-order valence-corrected chi connectivity index (χ3v) is 3.91. The average Bonchev–Trinajstić information content (AvgIpc) is 2.65. The van der Waals surface area contributed by atoms with Gasteiger partial charge in [0.25, 0.3) is 5.91 Å². The van der Waals surface area contributed by atoms with Gasteiger partial charge >= 0.3 is 5.97 Å². The predicted octanol–water partition coefficient (Wildman–Crippen LogP) is 3.33. The molecule has 0 aliphatic heterocycles. The summed E-state index contributed by atoms with van der Waals surface area (Å²) in [4.78, 5) is 31.3. The second-order valence-corrected chi connectivity index (χ2v) is 5.84. The molecule has 0 aliphatic carbocycles. The number of benzene rings is 1. The molecule has 0 bridgehead atoms. The number of aromatic carboxylic acids is 1. The van der Waals surface area contributed by atoms with E-state index in [2.05, 4.69) is 15.3 Å². The van der Waals surface area contributed by atoms with Crippen molar-refractivity contribution >= 4 is 17.6 Å². The molecule has 0 atom stereocenters. The van der Waals surface area contributed by atoms with Gasteiger partial charge in [0.1, 0.15) is 5.69 Å². The summed E-state index contributed by atoms with van der Waals surface area (Å²) in [5, 5.41) is 11.7. The molecule has 3 aromatic rings. The number of hydrogen-bond donors (Lipinski definition) is 2. The van der Waals surface area contributed by atoms with E-state index in [9.17, 15) is 9.59 Å². The van der Waals surface area contributed by atoms with E-state index < -0.39 is 5.97 Å². The van der Waals surface area contributed by atoms with Crippen LogP contribution in [-0.4, -0.2) is 27.0 Å². The molecule has 0 saturated heterocycles. The Hall–Kier alpha value is -3.54. The Kier molecular flexibility index (Phi) is 5.03. The average molecular weight is 347 g/mol. The molecule has 3 rings (SSSR count). The molecule has 2 heterocycles. The Balaban J connectivity index is 1.77. The number of aromatic nitrogens is 2. The van der Waals surface area contributed by atoms with Crippen molar-refractivity contribution in [2.75, 3.05) is 5.32 Å². The van der Waals surface area contributed by atoms with Gasteiger partial charge in [0.15, 0.2) is 0 Å². The molecule has 0 aliphatic rings. The van der Waals surface area contributed by atoms with E-state index in [0.29, 0.717) is 17.7 Å². The first-order chi connectivity index (χ1) is 12.5. The van der Waals surface area contributed by atoms with E-state index >= 15 is 0 Å². The fourth-order valence-corrected chi connectivity index (χ4v) is 2.47. The van der Waals surface area contributed by atoms with Crippen molar-refractivity contribution in [2.45, 2.75) is 13.3 Å². The molecular formula is C20H17N3O3. The largest absolute Gasteiger partial charge is 0.477 e. The highest BCUT2D eigenvalue weighted by Crippen LogP contribution is 2.19. The fraction of sp³-hybridized carbons (Fsp3) is 0.100. The van der Waals surface area contributed by atoms with Gasteiger partial charge in [-0.2, -0.15) is 0 Å². The predicted molar refractivity (Wildman–Crippen MR) is 97.4 cm³/mol. The first kappa shape index (κ1) is 17.3. The number of pyridine rings is 2. The first-order valence-electron chi connectivity index (χ1n) is 8.03. The van der Waals surface area contributed by atoms with Crippen LogP contribution in [0, 0.1) is 6.92 Å². The maximum atomic E-state index is 12.4. The van der Waals surface area contributed by atoms with Gasteiger partial charge in [0.2, 0.25) is 0 Å². The Labute approximate surface area is 150 Å². The van der Waals surface area contributed by atoms with Gasteiger partial charge in [-0.1, -0.05) is 18.2 Å². The summed E-state index contributed by atoms with van der Waals surface area (Å²) in [5.74, 6) is -1.47. The normalized spacial score (nSPS) is 10.3. The van der Waals surface area contributed by atoms with Gasteiger partial charge < -0.3 is 10.4 Å². The molecule has 26 heavy (non-hydrogen) atoms. The van der Waals surface area contributed by atoms with Crippen molar-refractivity contribution < 1.29 is 14.7 Å². The first-order valence-corrected chi connectivity index (χ1v) is 8.03. The Bertz CT molecular complexity index is 938. The van der Waals surface area contributed by atoms with Crippen LogP contribution in [0.15, 0.2) is 60.9 Å². The van der Waals surface area contributed by atoms with Crippen molar-refractivity contribution in [3.05, 3.63) is 89.0 Å². The minimum absolute atomic E-state index is 0.102. The highest BCUT2D eigenvalue weighted by molar-refractivity contribution is 6.04. The van der Waals surface area contributed by atoms with E-state index in [4.69, 9.17) is 5.11 Å². The summed E-state index contributed by atoms with van der Waals surface area (Å²) < 4.78 is 0. The number of carboxylic acids is 1. The summed E-state index contributed by atoms with van der Waals surface area (Å²) in [6.07, 6.45) is 3.67. The van der Waals surface area contributed by atoms with Crippen LogP contribution in [0.4, 0.5) is 5.69 Å². The number of amides is 1. The minimum atomic E-state index is -1.13. The van der Waals surface area contributed by atoms with Crippen molar-refractivity contribution in [3.8, 4) is 0 Å². The second kappa shape index (κ2) is 7.57. The standard InChI is InChI=1S/C20H17N3O3/c1-13-5-6-14(10-16-4-2-3-9-21-16)11-18(13)23-19(24)15-7-8-17(20(25)26)22-12-15/h2-9,11-12H,10H2,1H3,(H,23,24)(H,25,26). The number of aryl methyl sites for hydroxylation is 1. The van der Waals surface area contributed by atoms with Gasteiger partial charge in [-0.05, 0) is 48.4 Å². The van der Waals surface area contributed by atoms with Crippen molar-refractivity contribution in [2.24, 2.45) is 0 Å². The molecule has 2 N–H and O–H groups in total. The molecule has 1 aromatic carbocycles. The zero-order valence-electron chi connectivity index (χ0n) is 14.1. The molecule has 0 radical (unpaired) electrons. The zero-order valence-corrected chi connectivity index (χ0v) is 14.1. The lowest BCUT2D eigenvalue weighted by Crippen LogP contribution is -2.14. The van der Waals surface area contributed by atoms with E-state index in [-0.39, 0.29) is 11.6 Å². The number of rotatable bonds is 5. The lowest BCUT2D eigenvalue weighted by molar-refractivity contribution is 0.0690. The van der Waals surface area contributed by atoms with E-state index in [0.717, 1.165) is 16.8 Å². The van der Waals surface area contributed by atoms with Crippen LogP contribution in [0.5, 0.6) is 0 Å². The summed E-state index contributed by atoms with van der Waals surface area (Å²) in [6.45, 7) is 1.91. The quantitative estimate of drug-likeness (QED) is 0.738. The number of carbonyl (C=O) groups excluding carboxylic acids is 1. The Morgan fingerprint density at radius 2 is 1.92 bits per heavy atom. The fourth-order valence-electron chi connectivity index (χ4n) is 2.47. The van der Waals surface area contributed by atoms with E-state index in [1.165, 1.54) is 18.3 Å². The summed E-state index contributed by atoms with van der Waals surface area (Å²) in [7, 11) is 0. The van der Waals surface area contributed by atoms with Gasteiger partial charge in [-0.3, -0.25) is 9.78 Å². The van der Waals surface area contributed by atoms with Crippen LogP contribution in [0.25, 0.3) is 0 Å². The van der Waals surface area contributed by atoms with Crippen LogP contribution >= 0.6 is 0 Å². The highest BCUT2D eigenvalue weighted by atomic mass is 16.4. The van der Waals surface area contributed by atoms with E-state index in [1.54, 1.807) is 6.20 Å². The molecule has 0 spiro atoms. The third-order valence-electron chi connectivity index (χ3n) is 3.91. The number of carboxylic acid groups (broad SMARTS) is 1. The van der Waals surface area contributed by atoms with Crippen LogP contribution < -0.4 is 5.32 Å². The van der Waals surface area contributed by atoms with Gasteiger partial charge in [0.05, 0.1) is 5.56 Å². The second-order valence-electron chi connectivity index (χ2n) is 5.84. The molecule has 0 unspecified atom stereocenters. The smallest absolute Gasteiger partial charge is 0.354 e. The third kappa shape index (κ3) is 4.10. The lowest BCUT2D eigenvalue weighted by Gasteiger charge is -2.11. The van der Waals surface area contributed by atoms with Crippen LogP contribution in [0.3, 0.4) is 0 Å². The van der Waals surface area contributed by atoms with Gasteiger partial charge in [0, 0.05) is 30.2 Å². The van der Waals surface area contributed by atoms with Gasteiger partial charge in [-0.25, -0.2) is 9.78 Å². The highest BCUT2D eigenvalue weighted by Gasteiger charge is 2.11. The van der Waals surface area contributed by atoms with Crippen LogP contribution in [0.1, 0.15) is 37.7 Å². The molecule has 130 valence electrons. The van der Waals surface area contributed by atoms with Crippen molar-refractivity contribution in [1.29, 1.82) is 0 Å². The maximum absolute atomic E-state index is 12.4. The van der Waals surface area contributed by atoms with Crippen molar-refractivity contribution in [1.82, 2.24) is 9.97 Å². The number of carbonyl (C=O) groups is 2. The Morgan fingerprint density at radius 3 is 2.58 bits per heavy atom. The summed E-state index contributed by atoms with van der Waals surface area (Å²) >= 11 is 0. The maximum Gasteiger partial charge on any atom is 0.354 e. The molecule has 6 heteroatoms. The summed E-state index contributed by atoms with van der Waals surface area (Å²) in [6, 6.07) is 14.4. The number of anilines is 1. The SMILES string of the molecule is Cc1ccc(Cc2ccccn2)cc1NC(=O)c1ccc(C(=O)O)nc1. The summed E-state index contributed by atoms with van der Waals surface area (Å²) in [5.41, 5.74) is 3.80. The van der Waals surface area contributed by atoms with Crippen LogP contribution in [-0.2, 0) is 6.42 Å². The molecule has 0 saturated carbocycles. The number of hydrogen-bond acceptors (Lipinski definition) is 4. The molecule has 1 amide bonds. The monoisotopic (exact) mass is 347 g/mol. The lowest BCUT2D eigenvalue weighted by atomic mass is 10.1. The molecule has 0 fully saturated rings. The Morgan fingerprint density at radius 1 is 1.08 bits per heavy atom. The molecular weight excluding hydrogens is 330 g/mol. The van der Waals surface area contributed by atoms with Crippen LogP contribution in [0.2, 0.25) is 0 Å². The minimum Gasteiger partial charge on any atom is -0.477 e. The van der Waals surface area contributed by atoms with Gasteiger partial charge in [-0.15, -0.1) is 0 Å². The topological polar surface area (TPSA) is 92.2 Å². The number of nitrogens with one attached hydrogen (secondary N) is 1. The molecule has 2 aromatic heterocycles. The van der Waals surface area contributed by atoms with E-state index in [1.807, 2.05) is 43.3 Å². The zero-order chi connectivity index (χ0) is 18.5. The van der Waals surface area contributed by atoms with Crippen molar-refractivity contribution in [3.63, 3.8) is 0 Å². The number of nitrogens with zero attached hydrogens (tertiary/aromatic N) is 2.